The standard InChI is InChI=1S/C31H43F2N7O2/c1-5-14-38(21(2)19-41-4)24-12-10-23(11-13-24)18-34-31-36-27(39-15-16-42-20-22(39)3)17-28(37-31)40-26-9-7-6-8-25(26)35-30(40)29(32)33/h5-9,17,21-24,29H,1,10-16,18-20H2,2-4H3,(H,34,36,37)/t21?,22-,23-,24-/m0/s1. The van der Waals surface area contributed by atoms with Crippen molar-refractivity contribution in [2.75, 3.05) is 56.8 Å². The lowest BCUT2D eigenvalue weighted by Crippen LogP contribution is -2.46. The van der Waals surface area contributed by atoms with Gasteiger partial charge in [0.15, 0.2) is 5.82 Å². The second-order valence-electron chi connectivity index (χ2n) is 11.5. The van der Waals surface area contributed by atoms with Crippen molar-refractivity contribution >= 4 is 22.8 Å². The van der Waals surface area contributed by atoms with Crippen molar-refractivity contribution in [2.45, 2.75) is 64.1 Å². The Morgan fingerprint density at radius 2 is 1.93 bits per heavy atom. The van der Waals surface area contributed by atoms with Crippen LogP contribution in [-0.2, 0) is 9.47 Å². The van der Waals surface area contributed by atoms with Gasteiger partial charge in [-0.15, -0.1) is 6.58 Å². The molecule has 0 spiro atoms. The molecule has 1 aliphatic heterocycles. The minimum atomic E-state index is -2.75. The van der Waals surface area contributed by atoms with Crippen LogP contribution in [-0.4, -0.2) is 89.1 Å². The average Bonchev–Trinajstić information content (AvgIpc) is 3.40. The topological polar surface area (TPSA) is 80.6 Å². The molecule has 0 amide bonds. The predicted molar refractivity (Wildman–Crippen MR) is 162 cm³/mol. The second-order valence-corrected chi connectivity index (χ2v) is 11.5. The zero-order valence-corrected chi connectivity index (χ0v) is 24.9. The molecule has 42 heavy (non-hydrogen) atoms. The zero-order chi connectivity index (χ0) is 29.6. The van der Waals surface area contributed by atoms with Gasteiger partial charge in [-0.25, -0.2) is 13.8 Å². The maximum atomic E-state index is 14.2. The number of rotatable bonds is 12. The van der Waals surface area contributed by atoms with Gasteiger partial charge in [0, 0.05) is 44.9 Å². The molecule has 9 nitrogen and oxygen atoms in total. The van der Waals surface area contributed by atoms with E-state index in [2.05, 4.69) is 40.5 Å². The molecule has 5 rings (SSSR count). The van der Waals surface area contributed by atoms with E-state index in [1.54, 1.807) is 31.4 Å². The van der Waals surface area contributed by atoms with Gasteiger partial charge in [0.1, 0.15) is 11.6 Å². The van der Waals surface area contributed by atoms with E-state index in [1.165, 1.54) is 4.57 Å². The van der Waals surface area contributed by atoms with Crippen LogP contribution in [0.4, 0.5) is 20.5 Å². The number of fused-ring (bicyclic) bond motifs is 1. The summed E-state index contributed by atoms with van der Waals surface area (Å²) >= 11 is 0. The highest BCUT2D eigenvalue weighted by atomic mass is 19.3. The van der Waals surface area contributed by atoms with Crippen LogP contribution in [0.25, 0.3) is 16.9 Å². The van der Waals surface area contributed by atoms with Gasteiger partial charge in [-0.3, -0.25) is 9.47 Å². The maximum Gasteiger partial charge on any atom is 0.296 e. The number of alkyl halides is 2. The Labute approximate surface area is 246 Å². The summed E-state index contributed by atoms with van der Waals surface area (Å²) in [6.45, 7) is 12.3. The van der Waals surface area contributed by atoms with Gasteiger partial charge in [-0.05, 0) is 57.6 Å². The van der Waals surface area contributed by atoms with E-state index in [1.807, 2.05) is 12.1 Å². The number of nitrogens with one attached hydrogen (secondary N) is 1. The number of morpholine rings is 1. The van der Waals surface area contributed by atoms with E-state index < -0.39 is 6.43 Å². The van der Waals surface area contributed by atoms with E-state index in [-0.39, 0.29) is 11.9 Å². The fraction of sp³-hybridized carbons (Fsp3) is 0.581. The molecule has 0 bridgehead atoms. The molecule has 3 aromatic rings. The first-order valence-electron chi connectivity index (χ1n) is 15.0. The average molecular weight is 584 g/mol. The predicted octanol–water partition coefficient (Wildman–Crippen LogP) is 5.47. The number of anilines is 2. The fourth-order valence-electron chi connectivity index (χ4n) is 6.35. The van der Waals surface area contributed by atoms with Crippen molar-refractivity contribution in [3.63, 3.8) is 0 Å². The molecule has 2 fully saturated rings. The Balaban J connectivity index is 1.37. The van der Waals surface area contributed by atoms with Gasteiger partial charge in [0.05, 0.1) is 36.9 Å². The molecule has 0 radical (unpaired) electrons. The van der Waals surface area contributed by atoms with Crippen LogP contribution in [0.1, 0.15) is 51.8 Å². The normalized spacial score (nSPS) is 22.2. The number of imidazole rings is 1. The highest BCUT2D eigenvalue weighted by Crippen LogP contribution is 2.31. The number of methoxy groups -OCH3 is 1. The first kappa shape index (κ1) is 30.3. The monoisotopic (exact) mass is 583 g/mol. The van der Waals surface area contributed by atoms with E-state index in [0.717, 1.165) is 38.8 Å². The van der Waals surface area contributed by atoms with E-state index in [4.69, 9.17) is 19.4 Å². The quantitative estimate of drug-likeness (QED) is 0.281. The van der Waals surface area contributed by atoms with Crippen LogP contribution in [0.5, 0.6) is 0 Å². The Morgan fingerprint density at radius 1 is 1.17 bits per heavy atom. The Morgan fingerprint density at radius 3 is 2.64 bits per heavy atom. The van der Waals surface area contributed by atoms with Crippen molar-refractivity contribution in [1.82, 2.24) is 24.4 Å². The number of para-hydroxylation sites is 2. The van der Waals surface area contributed by atoms with E-state index in [9.17, 15) is 8.78 Å². The minimum Gasteiger partial charge on any atom is -0.383 e. The lowest BCUT2D eigenvalue weighted by Gasteiger charge is -2.39. The maximum absolute atomic E-state index is 14.2. The molecule has 1 unspecified atom stereocenters. The van der Waals surface area contributed by atoms with Gasteiger partial charge in [0.25, 0.3) is 6.43 Å². The van der Waals surface area contributed by atoms with Gasteiger partial charge < -0.3 is 19.7 Å². The number of hydrogen-bond donors (Lipinski definition) is 1. The largest absolute Gasteiger partial charge is 0.383 e. The van der Waals surface area contributed by atoms with Crippen molar-refractivity contribution in [3.05, 3.63) is 48.8 Å². The molecule has 1 saturated carbocycles. The van der Waals surface area contributed by atoms with Crippen LogP contribution in [0.15, 0.2) is 43.0 Å². The number of aromatic nitrogens is 4. The van der Waals surface area contributed by atoms with Gasteiger partial charge in [-0.2, -0.15) is 9.97 Å². The lowest BCUT2D eigenvalue weighted by molar-refractivity contribution is 0.0583. The van der Waals surface area contributed by atoms with E-state index in [0.29, 0.717) is 73.0 Å². The zero-order valence-electron chi connectivity index (χ0n) is 24.9. The Hall–Kier alpha value is -3.15. The summed E-state index contributed by atoms with van der Waals surface area (Å²) < 4.78 is 40.9. The number of nitrogens with zero attached hydrogens (tertiary/aromatic N) is 6. The van der Waals surface area contributed by atoms with Crippen LogP contribution in [0, 0.1) is 5.92 Å². The van der Waals surface area contributed by atoms with Crippen molar-refractivity contribution in [3.8, 4) is 5.82 Å². The third-order valence-corrected chi connectivity index (χ3v) is 8.52. The highest BCUT2D eigenvalue weighted by Gasteiger charge is 2.29. The third-order valence-electron chi connectivity index (χ3n) is 8.52. The summed E-state index contributed by atoms with van der Waals surface area (Å²) in [7, 11) is 1.75. The molecular formula is C31H43F2N7O2. The number of hydrogen-bond acceptors (Lipinski definition) is 8. The first-order valence-corrected chi connectivity index (χ1v) is 15.0. The smallest absolute Gasteiger partial charge is 0.296 e. The number of ether oxygens (including phenoxy) is 2. The highest BCUT2D eigenvalue weighted by molar-refractivity contribution is 5.78. The molecule has 3 heterocycles. The molecule has 1 N–H and O–H groups in total. The lowest BCUT2D eigenvalue weighted by atomic mass is 9.84. The molecule has 1 aliphatic carbocycles. The van der Waals surface area contributed by atoms with Gasteiger partial charge >= 0.3 is 0 Å². The van der Waals surface area contributed by atoms with Crippen molar-refractivity contribution < 1.29 is 18.3 Å². The fourth-order valence-corrected chi connectivity index (χ4v) is 6.35. The van der Waals surface area contributed by atoms with E-state index >= 15 is 0 Å². The molecular weight excluding hydrogens is 540 g/mol. The Bertz CT molecular complexity index is 1330. The summed E-state index contributed by atoms with van der Waals surface area (Å²) in [5, 5.41) is 3.47. The molecule has 2 aliphatic rings. The van der Waals surface area contributed by atoms with Gasteiger partial charge in [0.2, 0.25) is 5.95 Å². The summed E-state index contributed by atoms with van der Waals surface area (Å²) in [4.78, 5) is 18.5. The SMILES string of the molecule is C=CCN(C(C)COC)[C@H]1CC[C@H](CNc2nc(N3CCOC[C@@H]3C)cc(-n3c(C(F)F)nc4ccccc43)n2)CC1. The minimum absolute atomic E-state index is 0.0951. The van der Waals surface area contributed by atoms with Crippen LogP contribution in [0.3, 0.4) is 0 Å². The second kappa shape index (κ2) is 13.9. The van der Waals surface area contributed by atoms with Crippen LogP contribution >= 0.6 is 0 Å². The first-order chi connectivity index (χ1) is 20.4. The summed E-state index contributed by atoms with van der Waals surface area (Å²) in [5.74, 6) is 1.64. The van der Waals surface area contributed by atoms with Crippen LogP contribution < -0.4 is 10.2 Å². The summed E-state index contributed by atoms with van der Waals surface area (Å²) in [6, 6.07) is 9.87. The summed E-state index contributed by atoms with van der Waals surface area (Å²) in [5.41, 5.74) is 1.09. The Kier molecular flexibility index (Phi) is 10.0. The van der Waals surface area contributed by atoms with Crippen molar-refractivity contribution in [1.29, 1.82) is 0 Å². The molecule has 1 saturated heterocycles. The molecule has 11 heteroatoms. The number of halogens is 2. The molecule has 2 aromatic heterocycles. The van der Waals surface area contributed by atoms with Crippen LogP contribution in [0.2, 0.25) is 0 Å². The third kappa shape index (κ3) is 6.74. The number of benzene rings is 1. The van der Waals surface area contributed by atoms with Crippen molar-refractivity contribution in [2.24, 2.45) is 5.92 Å². The van der Waals surface area contributed by atoms with Gasteiger partial charge in [-0.1, -0.05) is 18.2 Å². The summed E-state index contributed by atoms with van der Waals surface area (Å²) in [6.07, 6.45) is 3.59. The molecule has 1 aromatic carbocycles. The molecule has 2 atom stereocenters. The molecule has 228 valence electrons.